The Balaban J connectivity index is 2.53. The fourth-order valence-corrected chi connectivity index (χ4v) is 1.92. The number of hydrogen-bond donors (Lipinski definition) is 1. The molecule has 106 valence electrons. The molecule has 0 heterocycles. The molecule has 0 aliphatic heterocycles. The molecular weight excluding hydrogens is 244 g/mol. The van der Waals surface area contributed by atoms with Gasteiger partial charge in [0.05, 0.1) is 4.92 Å². The van der Waals surface area contributed by atoms with Crippen LogP contribution < -0.4 is 5.73 Å². The summed E-state index contributed by atoms with van der Waals surface area (Å²) in [5.41, 5.74) is 6.86. The fourth-order valence-electron chi connectivity index (χ4n) is 1.92. The van der Waals surface area contributed by atoms with Crippen molar-refractivity contribution in [2.24, 2.45) is 0 Å². The van der Waals surface area contributed by atoms with Crippen molar-refractivity contribution in [1.29, 1.82) is 0 Å². The molecule has 0 bridgehead atoms. The third-order valence-corrected chi connectivity index (χ3v) is 2.89. The lowest BCUT2D eigenvalue weighted by Gasteiger charge is -2.18. The number of nitro groups is 1. The molecule has 6 nitrogen and oxygen atoms in total. The first-order chi connectivity index (χ1) is 8.90. The molecule has 0 aliphatic rings. The Morgan fingerprint density at radius 3 is 2.47 bits per heavy atom. The maximum absolute atomic E-state index is 10.7. The highest BCUT2D eigenvalue weighted by molar-refractivity contribution is 5.59. The van der Waals surface area contributed by atoms with Crippen LogP contribution >= 0.6 is 0 Å². The number of benzene rings is 1. The molecule has 0 aromatic heterocycles. The summed E-state index contributed by atoms with van der Waals surface area (Å²) in [5, 5.41) is 10.7. The minimum Gasteiger partial charge on any atom is -0.393 e. The molecule has 0 atom stereocenters. The Morgan fingerprint density at radius 2 is 1.95 bits per heavy atom. The van der Waals surface area contributed by atoms with Crippen molar-refractivity contribution in [3.63, 3.8) is 0 Å². The topological polar surface area (TPSA) is 75.6 Å². The summed E-state index contributed by atoms with van der Waals surface area (Å²) < 4.78 is 0. The first-order valence-corrected chi connectivity index (χ1v) is 6.26. The number of anilines is 1. The lowest BCUT2D eigenvalue weighted by Crippen LogP contribution is -2.23. The van der Waals surface area contributed by atoms with E-state index in [1.807, 2.05) is 7.05 Å². The van der Waals surface area contributed by atoms with Crippen molar-refractivity contribution in [3.05, 3.63) is 33.9 Å². The highest BCUT2D eigenvalue weighted by Gasteiger charge is 2.11. The van der Waals surface area contributed by atoms with Gasteiger partial charge in [0.1, 0.15) is 5.69 Å². The number of nitrogen functional groups attached to an aromatic ring is 1. The van der Waals surface area contributed by atoms with Crippen molar-refractivity contribution in [2.45, 2.75) is 13.0 Å². The highest BCUT2D eigenvalue weighted by Crippen LogP contribution is 2.22. The van der Waals surface area contributed by atoms with E-state index < -0.39 is 4.92 Å². The number of nitrogens with zero attached hydrogens (tertiary/aromatic N) is 3. The van der Waals surface area contributed by atoms with Crippen LogP contribution in [0.3, 0.4) is 0 Å². The van der Waals surface area contributed by atoms with Gasteiger partial charge in [0.25, 0.3) is 5.69 Å². The van der Waals surface area contributed by atoms with Crippen molar-refractivity contribution in [2.75, 3.05) is 40.0 Å². The van der Waals surface area contributed by atoms with Gasteiger partial charge in [-0.3, -0.25) is 10.1 Å². The van der Waals surface area contributed by atoms with Crippen molar-refractivity contribution < 1.29 is 4.92 Å². The van der Waals surface area contributed by atoms with Gasteiger partial charge in [-0.05, 0) is 52.3 Å². The summed E-state index contributed by atoms with van der Waals surface area (Å²) in [6, 6.07) is 4.91. The van der Waals surface area contributed by atoms with Crippen LogP contribution in [-0.4, -0.2) is 49.0 Å². The summed E-state index contributed by atoms with van der Waals surface area (Å²) in [7, 11) is 6.14. The standard InChI is InChI=1S/C13H22N4O2/c1-15(2)7-4-8-16(3)10-11-5-6-13(17(18)19)12(14)9-11/h5-6,9H,4,7-8,10,14H2,1-3H3. The van der Waals surface area contributed by atoms with Crippen LogP contribution in [0, 0.1) is 10.1 Å². The third-order valence-electron chi connectivity index (χ3n) is 2.89. The molecular formula is C13H22N4O2. The van der Waals surface area contributed by atoms with Gasteiger partial charge in [-0.15, -0.1) is 0 Å². The molecule has 1 aromatic rings. The Hall–Kier alpha value is -1.66. The summed E-state index contributed by atoms with van der Waals surface area (Å²) in [4.78, 5) is 14.5. The van der Waals surface area contributed by atoms with Gasteiger partial charge in [0.2, 0.25) is 0 Å². The van der Waals surface area contributed by atoms with Gasteiger partial charge in [0, 0.05) is 12.6 Å². The summed E-state index contributed by atoms with van der Waals surface area (Å²) in [5.74, 6) is 0. The van der Waals surface area contributed by atoms with E-state index in [1.54, 1.807) is 12.1 Å². The average Bonchev–Trinajstić information content (AvgIpc) is 2.27. The summed E-state index contributed by atoms with van der Waals surface area (Å²) in [6.07, 6.45) is 1.09. The maximum Gasteiger partial charge on any atom is 0.292 e. The van der Waals surface area contributed by atoms with Crippen LogP contribution in [0.4, 0.5) is 11.4 Å². The van der Waals surface area contributed by atoms with E-state index >= 15 is 0 Å². The molecule has 1 aromatic carbocycles. The van der Waals surface area contributed by atoms with Gasteiger partial charge in [-0.25, -0.2) is 0 Å². The Bertz CT molecular complexity index is 435. The zero-order valence-corrected chi connectivity index (χ0v) is 11.8. The van der Waals surface area contributed by atoms with E-state index in [9.17, 15) is 10.1 Å². The Kier molecular flexibility index (Phi) is 5.72. The molecule has 6 heteroatoms. The van der Waals surface area contributed by atoms with Gasteiger partial charge >= 0.3 is 0 Å². The largest absolute Gasteiger partial charge is 0.393 e. The molecule has 0 amide bonds. The van der Waals surface area contributed by atoms with Crippen LogP contribution in [0.1, 0.15) is 12.0 Å². The van der Waals surface area contributed by atoms with Gasteiger partial charge in [-0.1, -0.05) is 6.07 Å². The number of rotatable bonds is 7. The zero-order chi connectivity index (χ0) is 14.4. The van der Waals surface area contributed by atoms with Crippen molar-refractivity contribution in [3.8, 4) is 0 Å². The lowest BCUT2D eigenvalue weighted by atomic mass is 10.1. The SMILES string of the molecule is CN(C)CCCN(C)Cc1ccc([N+](=O)[O-])c(N)c1. The van der Waals surface area contributed by atoms with E-state index in [2.05, 4.69) is 23.9 Å². The first-order valence-electron chi connectivity index (χ1n) is 6.26. The van der Waals surface area contributed by atoms with Crippen molar-refractivity contribution in [1.82, 2.24) is 9.80 Å². The monoisotopic (exact) mass is 266 g/mol. The highest BCUT2D eigenvalue weighted by atomic mass is 16.6. The molecule has 0 saturated heterocycles. The van der Waals surface area contributed by atoms with Crippen LogP contribution in [-0.2, 0) is 6.54 Å². The van der Waals surface area contributed by atoms with E-state index in [-0.39, 0.29) is 11.4 Å². The van der Waals surface area contributed by atoms with Gasteiger partial charge in [-0.2, -0.15) is 0 Å². The van der Waals surface area contributed by atoms with Gasteiger partial charge in [0.15, 0.2) is 0 Å². The van der Waals surface area contributed by atoms with Crippen LogP contribution in [0.25, 0.3) is 0 Å². The predicted molar refractivity (Wildman–Crippen MR) is 77.0 cm³/mol. The number of nitrogens with two attached hydrogens (primary N) is 1. The molecule has 2 N–H and O–H groups in total. The predicted octanol–water partition coefficient (Wildman–Crippen LogP) is 1.56. The lowest BCUT2D eigenvalue weighted by molar-refractivity contribution is -0.383. The molecule has 0 fully saturated rings. The molecule has 0 saturated carbocycles. The zero-order valence-electron chi connectivity index (χ0n) is 11.8. The second kappa shape index (κ2) is 7.06. The van der Waals surface area contributed by atoms with Gasteiger partial charge < -0.3 is 15.5 Å². The van der Waals surface area contributed by atoms with E-state index in [4.69, 9.17) is 5.73 Å². The van der Waals surface area contributed by atoms with E-state index in [0.29, 0.717) is 0 Å². The minimum atomic E-state index is -0.458. The average molecular weight is 266 g/mol. The van der Waals surface area contributed by atoms with Crippen LogP contribution in [0.15, 0.2) is 18.2 Å². The van der Waals surface area contributed by atoms with Crippen LogP contribution in [0.5, 0.6) is 0 Å². The smallest absolute Gasteiger partial charge is 0.292 e. The fraction of sp³-hybridized carbons (Fsp3) is 0.538. The number of nitro benzene ring substituents is 1. The number of hydrogen-bond acceptors (Lipinski definition) is 5. The first kappa shape index (κ1) is 15.4. The second-order valence-corrected chi connectivity index (χ2v) is 5.04. The minimum absolute atomic E-state index is 0.0287. The quantitative estimate of drug-likeness (QED) is 0.460. The maximum atomic E-state index is 10.7. The van der Waals surface area contributed by atoms with E-state index in [1.165, 1.54) is 6.07 Å². The summed E-state index contributed by atoms with van der Waals surface area (Å²) >= 11 is 0. The Morgan fingerprint density at radius 1 is 1.26 bits per heavy atom. The normalized spacial score (nSPS) is 11.2. The Labute approximate surface area is 113 Å². The molecule has 19 heavy (non-hydrogen) atoms. The van der Waals surface area contributed by atoms with E-state index in [0.717, 1.165) is 31.6 Å². The molecule has 1 rings (SSSR count). The molecule has 0 aliphatic carbocycles. The summed E-state index contributed by atoms with van der Waals surface area (Å²) in [6.45, 7) is 2.78. The molecule has 0 radical (unpaired) electrons. The third kappa shape index (κ3) is 5.23. The van der Waals surface area contributed by atoms with Crippen molar-refractivity contribution >= 4 is 11.4 Å². The molecule has 0 unspecified atom stereocenters. The second-order valence-electron chi connectivity index (χ2n) is 5.04. The van der Waals surface area contributed by atoms with Crippen LogP contribution in [0.2, 0.25) is 0 Å². The molecule has 0 spiro atoms.